The molecule has 2 amide bonds. The topological polar surface area (TPSA) is 93.0 Å². The van der Waals surface area contributed by atoms with Crippen LogP contribution in [-0.4, -0.2) is 47.4 Å². The number of non-ortho nitro benzene ring substituents is 1. The third kappa shape index (κ3) is 3.42. The van der Waals surface area contributed by atoms with Crippen molar-refractivity contribution in [3.05, 3.63) is 28.3 Å². The minimum atomic E-state index is -0.532. The first-order chi connectivity index (χ1) is 12.0. The minimum absolute atomic E-state index is 0.124. The van der Waals surface area contributed by atoms with Crippen molar-refractivity contribution < 1.29 is 19.2 Å². The average molecular weight is 347 g/mol. The largest absolute Gasteiger partial charge is 0.482 e. The fraction of sp³-hybridized carbons (Fsp3) is 0.529. The molecular weight excluding hydrogens is 326 g/mol. The number of nitro benzene ring substituents is 1. The molecule has 1 saturated carbocycles. The molecular formula is C17H21N3O5. The summed E-state index contributed by atoms with van der Waals surface area (Å²) in [7, 11) is 0. The van der Waals surface area contributed by atoms with Crippen LogP contribution in [0.2, 0.25) is 0 Å². The highest BCUT2D eigenvalue weighted by Crippen LogP contribution is 2.35. The highest BCUT2D eigenvalue weighted by atomic mass is 16.6. The lowest BCUT2D eigenvalue weighted by Gasteiger charge is -2.33. The third-order valence-electron chi connectivity index (χ3n) is 4.82. The lowest BCUT2D eigenvalue weighted by Crippen LogP contribution is -2.48. The first kappa shape index (κ1) is 17.2. The number of fused-ring (bicyclic) bond motifs is 1. The van der Waals surface area contributed by atoms with Crippen LogP contribution >= 0.6 is 0 Å². The van der Waals surface area contributed by atoms with Crippen LogP contribution in [0.3, 0.4) is 0 Å². The van der Waals surface area contributed by atoms with Gasteiger partial charge in [0.05, 0.1) is 10.6 Å². The Hall–Kier alpha value is -2.64. The van der Waals surface area contributed by atoms with Gasteiger partial charge in [0.15, 0.2) is 6.61 Å². The van der Waals surface area contributed by atoms with E-state index in [1.54, 1.807) is 0 Å². The van der Waals surface area contributed by atoms with Gasteiger partial charge in [-0.1, -0.05) is 12.8 Å². The Bertz CT molecular complexity index is 700. The number of hydrogen-bond acceptors (Lipinski definition) is 5. The van der Waals surface area contributed by atoms with Gasteiger partial charge in [-0.15, -0.1) is 0 Å². The quantitative estimate of drug-likeness (QED) is 0.601. The second-order valence-electron chi connectivity index (χ2n) is 6.30. The molecule has 0 N–H and O–H groups in total. The number of rotatable bonds is 5. The van der Waals surface area contributed by atoms with Gasteiger partial charge in [-0.05, 0) is 25.8 Å². The Labute approximate surface area is 145 Å². The van der Waals surface area contributed by atoms with Crippen LogP contribution in [0.1, 0.15) is 32.6 Å². The highest BCUT2D eigenvalue weighted by molar-refractivity contribution is 6.02. The molecule has 1 aromatic carbocycles. The Morgan fingerprint density at radius 2 is 2.12 bits per heavy atom. The normalized spacial score (nSPS) is 17.2. The molecule has 1 aromatic rings. The molecule has 1 aliphatic carbocycles. The number of ether oxygens (including phenoxy) is 1. The number of amides is 2. The van der Waals surface area contributed by atoms with Gasteiger partial charge >= 0.3 is 0 Å². The van der Waals surface area contributed by atoms with Gasteiger partial charge < -0.3 is 9.64 Å². The van der Waals surface area contributed by atoms with Gasteiger partial charge in [0.1, 0.15) is 12.3 Å². The van der Waals surface area contributed by atoms with Gasteiger partial charge in [0, 0.05) is 24.7 Å². The van der Waals surface area contributed by atoms with Crippen LogP contribution in [0.5, 0.6) is 5.75 Å². The molecule has 0 saturated heterocycles. The minimum Gasteiger partial charge on any atom is -0.482 e. The lowest BCUT2D eigenvalue weighted by atomic mass is 10.2. The third-order valence-corrected chi connectivity index (χ3v) is 4.82. The van der Waals surface area contributed by atoms with E-state index in [1.807, 2.05) is 11.8 Å². The van der Waals surface area contributed by atoms with Crippen molar-refractivity contribution in [2.24, 2.45) is 0 Å². The lowest BCUT2D eigenvalue weighted by molar-refractivity contribution is -0.384. The maximum Gasteiger partial charge on any atom is 0.271 e. The summed E-state index contributed by atoms with van der Waals surface area (Å²) in [4.78, 5) is 38.6. The number of carbonyl (C=O) groups excluding carboxylic acids is 2. The number of anilines is 1. The van der Waals surface area contributed by atoms with E-state index in [2.05, 4.69) is 0 Å². The molecule has 25 heavy (non-hydrogen) atoms. The van der Waals surface area contributed by atoms with Crippen molar-refractivity contribution in [2.75, 3.05) is 24.6 Å². The molecule has 0 spiro atoms. The maximum atomic E-state index is 12.8. The van der Waals surface area contributed by atoms with E-state index in [0.29, 0.717) is 12.3 Å². The highest BCUT2D eigenvalue weighted by Gasteiger charge is 2.32. The van der Waals surface area contributed by atoms with Gasteiger partial charge in [-0.2, -0.15) is 0 Å². The standard InChI is InChI=1S/C17H21N3O5/c1-2-18(12-5-3-4-6-12)16(21)10-19-14-9-13(20(23)24)7-8-15(14)25-11-17(19)22/h7-9,12H,2-6,10-11H2,1H3. The molecule has 3 rings (SSSR count). The molecule has 0 radical (unpaired) electrons. The molecule has 0 unspecified atom stereocenters. The zero-order valence-electron chi connectivity index (χ0n) is 14.1. The van der Waals surface area contributed by atoms with E-state index in [4.69, 9.17) is 4.74 Å². The van der Waals surface area contributed by atoms with Crippen molar-refractivity contribution in [2.45, 2.75) is 38.6 Å². The van der Waals surface area contributed by atoms with Gasteiger partial charge in [-0.25, -0.2) is 0 Å². The second-order valence-corrected chi connectivity index (χ2v) is 6.30. The van der Waals surface area contributed by atoms with Crippen molar-refractivity contribution in [1.82, 2.24) is 4.90 Å². The Morgan fingerprint density at radius 1 is 1.40 bits per heavy atom. The summed E-state index contributed by atoms with van der Waals surface area (Å²) in [6.07, 6.45) is 4.19. The number of carbonyl (C=O) groups is 2. The van der Waals surface area contributed by atoms with Crippen LogP contribution in [0.25, 0.3) is 0 Å². The molecule has 8 heteroatoms. The summed E-state index contributed by atoms with van der Waals surface area (Å²) < 4.78 is 5.33. The van der Waals surface area contributed by atoms with Crippen LogP contribution in [0, 0.1) is 10.1 Å². The van der Waals surface area contributed by atoms with E-state index >= 15 is 0 Å². The van der Waals surface area contributed by atoms with E-state index in [0.717, 1.165) is 25.7 Å². The van der Waals surface area contributed by atoms with Crippen LogP contribution < -0.4 is 9.64 Å². The van der Waals surface area contributed by atoms with Crippen molar-refractivity contribution in [3.8, 4) is 5.75 Å². The average Bonchev–Trinajstić information content (AvgIpc) is 3.12. The zero-order chi connectivity index (χ0) is 18.0. The van der Waals surface area contributed by atoms with Crippen LogP contribution in [-0.2, 0) is 9.59 Å². The Balaban J connectivity index is 1.84. The molecule has 2 aliphatic rings. The zero-order valence-corrected chi connectivity index (χ0v) is 14.1. The van der Waals surface area contributed by atoms with Crippen molar-refractivity contribution in [3.63, 3.8) is 0 Å². The fourth-order valence-electron chi connectivity index (χ4n) is 3.56. The van der Waals surface area contributed by atoms with E-state index in [9.17, 15) is 19.7 Å². The molecule has 1 heterocycles. The Kier molecular flexibility index (Phi) is 4.87. The molecule has 1 aliphatic heterocycles. The predicted octanol–water partition coefficient (Wildman–Crippen LogP) is 2.11. The van der Waals surface area contributed by atoms with E-state index < -0.39 is 4.92 Å². The van der Waals surface area contributed by atoms with Crippen LogP contribution in [0.4, 0.5) is 11.4 Å². The van der Waals surface area contributed by atoms with Crippen molar-refractivity contribution in [1.29, 1.82) is 0 Å². The predicted molar refractivity (Wildman–Crippen MR) is 90.6 cm³/mol. The van der Waals surface area contributed by atoms with E-state index in [-0.39, 0.29) is 42.4 Å². The van der Waals surface area contributed by atoms with Gasteiger partial charge in [0.2, 0.25) is 5.91 Å². The second kappa shape index (κ2) is 7.08. The molecule has 0 bridgehead atoms. The summed E-state index contributed by atoms with van der Waals surface area (Å²) in [5.41, 5.74) is 0.138. The van der Waals surface area contributed by atoms with Crippen LogP contribution in [0.15, 0.2) is 18.2 Å². The van der Waals surface area contributed by atoms with Gasteiger partial charge in [-0.3, -0.25) is 24.6 Å². The number of hydrogen-bond donors (Lipinski definition) is 0. The molecule has 134 valence electrons. The first-order valence-electron chi connectivity index (χ1n) is 8.52. The summed E-state index contributed by atoms with van der Waals surface area (Å²) in [6, 6.07) is 4.29. The SMILES string of the molecule is CCN(C(=O)CN1C(=O)COc2ccc([N+](=O)[O-])cc21)C1CCCC1. The maximum absolute atomic E-state index is 12.8. The fourth-order valence-corrected chi connectivity index (χ4v) is 3.56. The summed E-state index contributed by atoms with van der Waals surface area (Å²) in [5.74, 6) is -0.132. The smallest absolute Gasteiger partial charge is 0.271 e. The van der Waals surface area contributed by atoms with Gasteiger partial charge in [0.25, 0.3) is 11.6 Å². The molecule has 8 nitrogen and oxygen atoms in total. The number of nitrogens with zero attached hydrogens (tertiary/aromatic N) is 3. The molecule has 0 aromatic heterocycles. The molecule has 0 atom stereocenters. The number of nitro groups is 1. The number of likely N-dealkylation sites (N-methyl/N-ethyl adjacent to an activating group) is 1. The number of benzene rings is 1. The van der Waals surface area contributed by atoms with Crippen molar-refractivity contribution >= 4 is 23.2 Å². The Morgan fingerprint density at radius 3 is 2.76 bits per heavy atom. The monoisotopic (exact) mass is 347 g/mol. The summed E-state index contributed by atoms with van der Waals surface area (Å²) in [6.45, 7) is 2.22. The van der Waals surface area contributed by atoms with E-state index in [1.165, 1.54) is 23.1 Å². The summed E-state index contributed by atoms with van der Waals surface area (Å²) >= 11 is 0. The first-order valence-corrected chi connectivity index (χ1v) is 8.52. The summed E-state index contributed by atoms with van der Waals surface area (Å²) in [5, 5.41) is 11.0. The molecule has 1 fully saturated rings.